The smallest absolute Gasteiger partial charge is 0.357 e. The number of carbonyl (C=O) groups is 2. The maximum absolute atomic E-state index is 12.7. The van der Waals surface area contributed by atoms with E-state index in [4.69, 9.17) is 0 Å². The molecule has 0 bridgehead atoms. The summed E-state index contributed by atoms with van der Waals surface area (Å²) in [6.07, 6.45) is -2.63. The molecule has 1 aromatic carbocycles. The first-order valence-electron chi connectivity index (χ1n) is 11.0. The summed E-state index contributed by atoms with van der Waals surface area (Å²) >= 11 is 0. The molecule has 34 heavy (non-hydrogen) atoms. The predicted octanol–water partition coefficient (Wildman–Crippen LogP) is 3.46. The highest BCUT2D eigenvalue weighted by Gasteiger charge is 2.31. The maximum Gasteiger partial charge on any atom is 0.417 e. The molecule has 1 aliphatic rings. The van der Waals surface area contributed by atoms with Gasteiger partial charge in [-0.1, -0.05) is 0 Å². The Morgan fingerprint density at radius 2 is 1.85 bits per heavy atom. The first kappa shape index (κ1) is 23.5. The fourth-order valence-electron chi connectivity index (χ4n) is 4.19. The van der Waals surface area contributed by atoms with Crippen LogP contribution in [0.1, 0.15) is 41.5 Å². The topological polar surface area (TPSA) is 92.2 Å². The van der Waals surface area contributed by atoms with Crippen molar-refractivity contribution in [1.29, 1.82) is 0 Å². The average molecular weight is 474 g/mol. The van der Waals surface area contributed by atoms with Gasteiger partial charge in [-0.15, -0.1) is 0 Å². The number of rotatable bonds is 4. The number of hydrogen-bond acceptors (Lipinski definition) is 5. The Kier molecular flexibility index (Phi) is 6.45. The molecule has 0 aliphatic carbocycles. The largest absolute Gasteiger partial charge is 0.417 e. The van der Waals surface area contributed by atoms with Gasteiger partial charge >= 0.3 is 6.18 Å². The molecule has 0 saturated carbocycles. The number of amides is 2. The van der Waals surface area contributed by atoms with Crippen LogP contribution in [0.2, 0.25) is 0 Å². The Bertz CT molecular complexity index is 1200. The Morgan fingerprint density at radius 3 is 2.47 bits per heavy atom. The van der Waals surface area contributed by atoms with Crippen molar-refractivity contribution in [2.75, 3.05) is 18.0 Å². The molecule has 1 saturated heterocycles. The number of hydrogen-bond donors (Lipinski definition) is 2. The second kappa shape index (κ2) is 9.32. The van der Waals surface area contributed by atoms with E-state index in [1.165, 1.54) is 6.07 Å². The molecule has 180 valence electrons. The number of nitrogens with zero attached hydrogens (tertiary/aromatic N) is 4. The van der Waals surface area contributed by atoms with E-state index in [9.17, 15) is 22.8 Å². The third-order valence-corrected chi connectivity index (χ3v) is 6.08. The van der Waals surface area contributed by atoms with Crippen LogP contribution in [0.5, 0.6) is 0 Å². The summed E-state index contributed by atoms with van der Waals surface area (Å²) in [4.78, 5) is 35.3. The van der Waals surface area contributed by atoms with E-state index in [-0.39, 0.29) is 11.8 Å². The lowest BCUT2D eigenvalue weighted by Gasteiger charge is -2.32. The van der Waals surface area contributed by atoms with E-state index in [2.05, 4.69) is 20.8 Å². The molecule has 0 spiro atoms. The SMILES string of the molecule is CCn1c(C)nc2cc(C(=O)NNC(=O)C3CCN(c4ccc(C(F)(F)F)cn4)CC3)ccc21. The van der Waals surface area contributed by atoms with Crippen molar-refractivity contribution in [2.24, 2.45) is 5.92 Å². The number of alkyl halides is 3. The Hall–Kier alpha value is -3.63. The van der Waals surface area contributed by atoms with E-state index in [0.717, 1.165) is 30.1 Å². The number of anilines is 1. The fourth-order valence-corrected chi connectivity index (χ4v) is 4.19. The molecule has 3 aromatic rings. The molecule has 2 N–H and O–H groups in total. The number of benzene rings is 1. The number of fused-ring (bicyclic) bond motifs is 1. The van der Waals surface area contributed by atoms with Gasteiger partial charge in [-0.3, -0.25) is 20.4 Å². The first-order valence-corrected chi connectivity index (χ1v) is 11.0. The summed E-state index contributed by atoms with van der Waals surface area (Å²) in [6.45, 7) is 5.65. The van der Waals surface area contributed by atoms with E-state index >= 15 is 0 Å². The standard InChI is InChI=1S/C23H25F3N6O2/c1-3-32-14(2)28-18-12-16(4-6-19(18)32)22(34)30-29-21(33)15-8-10-31(11-9-15)20-7-5-17(13-27-20)23(24,25)26/h4-7,12-13,15H,3,8-11H2,1-2H3,(H,29,33)(H,30,34). The van der Waals surface area contributed by atoms with Crippen LogP contribution in [0.3, 0.4) is 0 Å². The first-order chi connectivity index (χ1) is 16.2. The summed E-state index contributed by atoms with van der Waals surface area (Å²) in [5.74, 6) is 0.236. The molecule has 1 fully saturated rings. The number of pyridine rings is 1. The molecule has 0 radical (unpaired) electrons. The van der Waals surface area contributed by atoms with Crippen molar-refractivity contribution in [2.45, 2.75) is 39.4 Å². The lowest BCUT2D eigenvalue weighted by molar-refractivity contribution is -0.137. The molecular formula is C23H25F3N6O2. The molecule has 0 unspecified atom stereocenters. The molecule has 1 aliphatic heterocycles. The molecule has 2 amide bonds. The zero-order chi connectivity index (χ0) is 24.5. The second-order valence-electron chi connectivity index (χ2n) is 8.21. The number of aromatic nitrogens is 3. The summed E-state index contributed by atoms with van der Waals surface area (Å²) < 4.78 is 40.2. The van der Waals surface area contributed by atoms with Gasteiger partial charge in [0.2, 0.25) is 5.91 Å². The van der Waals surface area contributed by atoms with Gasteiger partial charge in [0.15, 0.2) is 0 Å². The van der Waals surface area contributed by atoms with Gasteiger partial charge in [-0.2, -0.15) is 13.2 Å². The maximum atomic E-state index is 12.7. The number of aryl methyl sites for hydroxylation is 2. The predicted molar refractivity (Wildman–Crippen MR) is 120 cm³/mol. The number of piperidine rings is 1. The zero-order valence-corrected chi connectivity index (χ0v) is 18.8. The quantitative estimate of drug-likeness (QED) is 0.565. The average Bonchev–Trinajstić information content (AvgIpc) is 3.15. The van der Waals surface area contributed by atoms with Crippen LogP contribution in [-0.2, 0) is 17.5 Å². The Morgan fingerprint density at radius 1 is 1.12 bits per heavy atom. The van der Waals surface area contributed by atoms with Crippen molar-refractivity contribution in [3.8, 4) is 0 Å². The highest BCUT2D eigenvalue weighted by atomic mass is 19.4. The minimum Gasteiger partial charge on any atom is -0.357 e. The van der Waals surface area contributed by atoms with Gasteiger partial charge in [-0.25, -0.2) is 9.97 Å². The van der Waals surface area contributed by atoms with Crippen LogP contribution in [0, 0.1) is 12.8 Å². The van der Waals surface area contributed by atoms with E-state index in [1.807, 2.05) is 29.4 Å². The van der Waals surface area contributed by atoms with E-state index in [0.29, 0.717) is 42.8 Å². The minimum absolute atomic E-state index is 0.305. The molecule has 8 nitrogen and oxygen atoms in total. The second-order valence-corrected chi connectivity index (χ2v) is 8.21. The number of carbonyl (C=O) groups excluding carboxylic acids is 2. The Balaban J connectivity index is 1.29. The molecule has 3 heterocycles. The van der Waals surface area contributed by atoms with Crippen LogP contribution < -0.4 is 15.8 Å². The van der Waals surface area contributed by atoms with Crippen molar-refractivity contribution >= 4 is 28.7 Å². The summed E-state index contributed by atoms with van der Waals surface area (Å²) in [6, 6.07) is 7.55. The van der Waals surface area contributed by atoms with Gasteiger partial charge in [0.25, 0.3) is 5.91 Å². The van der Waals surface area contributed by atoms with Crippen LogP contribution in [0.15, 0.2) is 36.5 Å². The lowest BCUT2D eigenvalue weighted by atomic mass is 9.96. The molecular weight excluding hydrogens is 449 g/mol. The van der Waals surface area contributed by atoms with Crippen molar-refractivity contribution in [3.63, 3.8) is 0 Å². The number of hydrazine groups is 1. The van der Waals surface area contributed by atoms with Crippen molar-refractivity contribution < 1.29 is 22.8 Å². The monoisotopic (exact) mass is 474 g/mol. The summed E-state index contributed by atoms with van der Waals surface area (Å²) in [7, 11) is 0. The summed E-state index contributed by atoms with van der Waals surface area (Å²) in [5.41, 5.74) is 6.18. The van der Waals surface area contributed by atoms with Crippen LogP contribution >= 0.6 is 0 Å². The highest BCUT2D eigenvalue weighted by molar-refractivity contribution is 5.98. The molecule has 4 rings (SSSR count). The third kappa shape index (κ3) is 4.82. The Labute approximate surface area is 194 Å². The van der Waals surface area contributed by atoms with Gasteiger partial charge in [-0.05, 0) is 57.0 Å². The summed E-state index contributed by atoms with van der Waals surface area (Å²) in [5, 5.41) is 0. The van der Waals surface area contributed by atoms with E-state index in [1.54, 1.807) is 12.1 Å². The van der Waals surface area contributed by atoms with E-state index < -0.39 is 17.6 Å². The van der Waals surface area contributed by atoms with Crippen molar-refractivity contribution in [1.82, 2.24) is 25.4 Å². The fraction of sp³-hybridized carbons (Fsp3) is 0.391. The lowest BCUT2D eigenvalue weighted by Crippen LogP contribution is -2.47. The number of nitrogens with one attached hydrogen (secondary N) is 2. The van der Waals surface area contributed by atoms with Gasteiger partial charge < -0.3 is 9.47 Å². The van der Waals surface area contributed by atoms with Crippen molar-refractivity contribution in [3.05, 3.63) is 53.5 Å². The molecule has 11 heteroatoms. The van der Waals surface area contributed by atoms with Gasteiger partial charge in [0, 0.05) is 37.3 Å². The third-order valence-electron chi connectivity index (χ3n) is 6.08. The number of halogens is 3. The minimum atomic E-state index is -4.43. The van der Waals surface area contributed by atoms with Crippen LogP contribution in [0.4, 0.5) is 19.0 Å². The molecule has 0 atom stereocenters. The van der Waals surface area contributed by atoms with Gasteiger partial charge in [0.1, 0.15) is 11.6 Å². The normalized spacial score (nSPS) is 14.9. The van der Waals surface area contributed by atoms with Crippen LogP contribution in [0.25, 0.3) is 11.0 Å². The van der Waals surface area contributed by atoms with Gasteiger partial charge in [0.05, 0.1) is 16.6 Å². The van der Waals surface area contributed by atoms with Crippen LogP contribution in [-0.4, -0.2) is 39.4 Å². The number of imidazole rings is 1. The molecule has 2 aromatic heterocycles. The highest BCUT2D eigenvalue weighted by Crippen LogP contribution is 2.30. The zero-order valence-electron chi connectivity index (χ0n) is 18.8.